The summed E-state index contributed by atoms with van der Waals surface area (Å²) < 4.78 is 7.31. The Balaban J connectivity index is 2.05. The highest BCUT2D eigenvalue weighted by Gasteiger charge is 2.31. The number of amides is 1. The van der Waals surface area contributed by atoms with E-state index in [1.807, 2.05) is 11.5 Å². The van der Waals surface area contributed by atoms with Crippen molar-refractivity contribution < 1.29 is 9.53 Å². The molecule has 0 radical (unpaired) electrons. The number of hydrogen-bond donors (Lipinski definition) is 1. The second kappa shape index (κ2) is 5.49. The molecular formula is C12H20N4O2. The molecular weight excluding hydrogens is 232 g/mol. The predicted octanol–water partition coefficient (Wildman–Crippen LogP) is 0.0912. The van der Waals surface area contributed by atoms with Crippen LogP contribution >= 0.6 is 0 Å². The molecule has 6 heteroatoms. The first kappa shape index (κ1) is 13.0. The van der Waals surface area contributed by atoms with Gasteiger partial charge in [0, 0.05) is 32.9 Å². The summed E-state index contributed by atoms with van der Waals surface area (Å²) in [6, 6.07) is 0.136. The number of nitrogens with zero attached hydrogens (tertiary/aromatic N) is 3. The van der Waals surface area contributed by atoms with Crippen LogP contribution in [0.25, 0.3) is 0 Å². The molecule has 1 amide bonds. The van der Waals surface area contributed by atoms with Crippen molar-refractivity contribution in [3.63, 3.8) is 0 Å². The summed E-state index contributed by atoms with van der Waals surface area (Å²) in [5.74, 6) is -0.0619. The fourth-order valence-corrected chi connectivity index (χ4v) is 2.30. The van der Waals surface area contributed by atoms with Crippen LogP contribution in [0.3, 0.4) is 0 Å². The molecule has 0 bridgehead atoms. The molecule has 2 heterocycles. The van der Waals surface area contributed by atoms with Gasteiger partial charge in [0.05, 0.1) is 18.5 Å². The summed E-state index contributed by atoms with van der Waals surface area (Å²) in [5, 5.41) is 0. The summed E-state index contributed by atoms with van der Waals surface area (Å²) in [6.45, 7) is 3.92. The van der Waals surface area contributed by atoms with Gasteiger partial charge in [-0.1, -0.05) is 0 Å². The fraction of sp³-hybridized carbons (Fsp3) is 0.667. The van der Waals surface area contributed by atoms with Gasteiger partial charge >= 0.3 is 0 Å². The molecule has 2 unspecified atom stereocenters. The van der Waals surface area contributed by atoms with E-state index in [0.717, 1.165) is 6.42 Å². The van der Waals surface area contributed by atoms with Gasteiger partial charge in [-0.05, 0) is 13.3 Å². The molecule has 0 aliphatic carbocycles. The molecule has 1 fully saturated rings. The van der Waals surface area contributed by atoms with Crippen molar-refractivity contribution >= 4 is 5.91 Å². The number of ether oxygens (including phenoxy) is 1. The first-order valence-corrected chi connectivity index (χ1v) is 6.24. The van der Waals surface area contributed by atoms with Crippen LogP contribution in [0, 0.1) is 0 Å². The van der Waals surface area contributed by atoms with E-state index in [1.54, 1.807) is 24.5 Å². The predicted molar refractivity (Wildman–Crippen MR) is 67.2 cm³/mol. The maximum Gasteiger partial charge on any atom is 0.274 e. The van der Waals surface area contributed by atoms with Crippen molar-refractivity contribution in [3.8, 4) is 0 Å². The smallest absolute Gasteiger partial charge is 0.274 e. The van der Waals surface area contributed by atoms with Gasteiger partial charge in [0.2, 0.25) is 0 Å². The molecule has 2 N–H and O–H groups in total. The molecule has 100 valence electrons. The Morgan fingerprint density at radius 3 is 3.11 bits per heavy atom. The SMILES string of the molecule is CC1OCCC1N(C)C(=O)c1cn(CCN)cn1. The second-order valence-electron chi connectivity index (χ2n) is 4.63. The number of imidazole rings is 1. The lowest BCUT2D eigenvalue weighted by atomic mass is 10.1. The van der Waals surface area contributed by atoms with Gasteiger partial charge in [0.25, 0.3) is 5.91 Å². The van der Waals surface area contributed by atoms with Gasteiger partial charge in [-0.2, -0.15) is 0 Å². The summed E-state index contributed by atoms with van der Waals surface area (Å²) >= 11 is 0. The molecule has 1 saturated heterocycles. The first-order valence-electron chi connectivity index (χ1n) is 6.24. The topological polar surface area (TPSA) is 73.4 Å². The maximum atomic E-state index is 12.3. The third-order valence-corrected chi connectivity index (χ3v) is 3.39. The van der Waals surface area contributed by atoms with E-state index in [9.17, 15) is 4.79 Å². The summed E-state index contributed by atoms with van der Waals surface area (Å²) in [4.78, 5) is 18.1. The van der Waals surface area contributed by atoms with Crippen LogP contribution in [-0.2, 0) is 11.3 Å². The average Bonchev–Trinajstić information content (AvgIpc) is 2.97. The van der Waals surface area contributed by atoms with E-state index < -0.39 is 0 Å². The fourth-order valence-electron chi connectivity index (χ4n) is 2.30. The van der Waals surface area contributed by atoms with E-state index in [-0.39, 0.29) is 18.1 Å². The van der Waals surface area contributed by atoms with E-state index in [0.29, 0.717) is 25.4 Å². The van der Waals surface area contributed by atoms with Crippen LogP contribution in [0.2, 0.25) is 0 Å². The number of rotatable bonds is 4. The van der Waals surface area contributed by atoms with Gasteiger partial charge in [0.1, 0.15) is 5.69 Å². The molecule has 2 rings (SSSR count). The van der Waals surface area contributed by atoms with Crippen molar-refractivity contribution in [2.24, 2.45) is 5.73 Å². The number of likely N-dealkylation sites (N-methyl/N-ethyl adjacent to an activating group) is 1. The zero-order valence-corrected chi connectivity index (χ0v) is 10.9. The van der Waals surface area contributed by atoms with Crippen molar-refractivity contribution in [2.45, 2.75) is 32.0 Å². The highest BCUT2D eigenvalue weighted by Crippen LogP contribution is 2.19. The molecule has 1 aliphatic heterocycles. The molecule has 1 aromatic heterocycles. The van der Waals surface area contributed by atoms with Crippen LogP contribution in [-0.4, -0.2) is 52.7 Å². The van der Waals surface area contributed by atoms with E-state index >= 15 is 0 Å². The zero-order chi connectivity index (χ0) is 13.1. The lowest BCUT2D eigenvalue weighted by molar-refractivity contribution is 0.0570. The van der Waals surface area contributed by atoms with Gasteiger partial charge in [0.15, 0.2) is 0 Å². The zero-order valence-electron chi connectivity index (χ0n) is 10.9. The summed E-state index contributed by atoms with van der Waals surface area (Å²) in [6.07, 6.45) is 4.35. The number of nitrogens with two attached hydrogens (primary N) is 1. The molecule has 1 aliphatic rings. The minimum atomic E-state index is -0.0619. The van der Waals surface area contributed by atoms with Gasteiger partial charge in [-0.15, -0.1) is 0 Å². The number of carbonyl (C=O) groups excluding carboxylic acids is 1. The van der Waals surface area contributed by atoms with Crippen LogP contribution in [0.15, 0.2) is 12.5 Å². The largest absolute Gasteiger partial charge is 0.376 e. The van der Waals surface area contributed by atoms with Crippen LogP contribution in [0.5, 0.6) is 0 Å². The van der Waals surface area contributed by atoms with Gasteiger partial charge in [-0.25, -0.2) is 4.98 Å². The van der Waals surface area contributed by atoms with Crippen LogP contribution in [0.1, 0.15) is 23.8 Å². The Morgan fingerprint density at radius 2 is 2.50 bits per heavy atom. The number of hydrogen-bond acceptors (Lipinski definition) is 4. The Hall–Kier alpha value is -1.40. The standard InChI is InChI=1S/C12H20N4O2/c1-9-11(3-6-18-9)15(2)12(17)10-7-16(5-4-13)8-14-10/h7-9,11H,3-6,13H2,1-2H3. The minimum Gasteiger partial charge on any atom is -0.376 e. The number of aromatic nitrogens is 2. The molecule has 0 aromatic carbocycles. The normalized spacial score (nSPS) is 23.3. The molecule has 18 heavy (non-hydrogen) atoms. The van der Waals surface area contributed by atoms with Crippen LogP contribution in [0.4, 0.5) is 0 Å². The van der Waals surface area contributed by atoms with Gasteiger partial charge in [-0.3, -0.25) is 4.79 Å². The molecule has 0 saturated carbocycles. The third kappa shape index (κ3) is 2.54. The monoisotopic (exact) mass is 252 g/mol. The van der Waals surface area contributed by atoms with Gasteiger partial charge < -0.3 is 19.9 Å². The van der Waals surface area contributed by atoms with E-state index in [4.69, 9.17) is 10.5 Å². The third-order valence-electron chi connectivity index (χ3n) is 3.39. The molecule has 1 aromatic rings. The van der Waals surface area contributed by atoms with Crippen molar-refractivity contribution in [2.75, 3.05) is 20.2 Å². The summed E-state index contributed by atoms with van der Waals surface area (Å²) in [5.41, 5.74) is 5.93. The minimum absolute atomic E-state index is 0.0619. The Kier molecular flexibility index (Phi) is 3.98. The molecule has 2 atom stereocenters. The Labute approximate surface area is 107 Å². The van der Waals surface area contributed by atoms with Crippen LogP contribution < -0.4 is 5.73 Å². The van der Waals surface area contributed by atoms with E-state index in [2.05, 4.69) is 4.98 Å². The lowest BCUT2D eigenvalue weighted by Crippen LogP contribution is -2.41. The summed E-state index contributed by atoms with van der Waals surface area (Å²) in [7, 11) is 1.81. The lowest BCUT2D eigenvalue weighted by Gasteiger charge is -2.25. The second-order valence-corrected chi connectivity index (χ2v) is 4.63. The highest BCUT2D eigenvalue weighted by atomic mass is 16.5. The van der Waals surface area contributed by atoms with E-state index in [1.165, 1.54) is 0 Å². The average molecular weight is 252 g/mol. The van der Waals surface area contributed by atoms with Crippen molar-refractivity contribution in [1.82, 2.24) is 14.5 Å². The quantitative estimate of drug-likeness (QED) is 0.824. The first-order chi connectivity index (χ1) is 8.63. The maximum absolute atomic E-state index is 12.3. The number of carbonyl (C=O) groups is 1. The highest BCUT2D eigenvalue weighted by molar-refractivity contribution is 5.92. The van der Waals surface area contributed by atoms with Crippen molar-refractivity contribution in [1.29, 1.82) is 0 Å². The Bertz CT molecular complexity index is 418. The molecule has 6 nitrogen and oxygen atoms in total. The molecule has 0 spiro atoms. The van der Waals surface area contributed by atoms with Crippen molar-refractivity contribution in [3.05, 3.63) is 18.2 Å². The Morgan fingerprint density at radius 1 is 1.72 bits per heavy atom.